The molecule has 0 spiro atoms. The second-order valence-corrected chi connectivity index (χ2v) is 4.38. The SMILES string of the molecule is CNC(COCC(F)(F)F)c1cnnn1-c1ccccc1. The molecule has 0 aliphatic heterocycles. The molecule has 0 saturated carbocycles. The zero-order valence-electron chi connectivity index (χ0n) is 11.3. The van der Waals surface area contributed by atoms with E-state index in [0.717, 1.165) is 5.69 Å². The number of halogens is 3. The number of aromatic nitrogens is 3. The van der Waals surface area contributed by atoms with Crippen molar-refractivity contribution in [1.29, 1.82) is 0 Å². The van der Waals surface area contributed by atoms with Crippen molar-refractivity contribution < 1.29 is 17.9 Å². The van der Waals surface area contributed by atoms with E-state index in [9.17, 15) is 13.2 Å². The minimum atomic E-state index is -4.34. The lowest BCUT2D eigenvalue weighted by Crippen LogP contribution is -2.27. The van der Waals surface area contributed by atoms with Crippen molar-refractivity contribution in [2.45, 2.75) is 12.2 Å². The molecule has 5 nitrogen and oxygen atoms in total. The first-order valence-corrected chi connectivity index (χ1v) is 6.29. The van der Waals surface area contributed by atoms with E-state index >= 15 is 0 Å². The number of rotatable bonds is 6. The van der Waals surface area contributed by atoms with Gasteiger partial charge in [0.1, 0.15) is 6.61 Å². The maximum atomic E-state index is 12.1. The Bertz CT molecular complexity index is 556. The normalized spacial score (nSPS) is 13.3. The number of hydrogen-bond acceptors (Lipinski definition) is 4. The van der Waals surface area contributed by atoms with E-state index in [0.29, 0.717) is 5.69 Å². The Kier molecular flexibility index (Phi) is 4.92. The van der Waals surface area contributed by atoms with Gasteiger partial charge in [-0.2, -0.15) is 13.2 Å². The molecular weight excluding hydrogens is 285 g/mol. The lowest BCUT2D eigenvalue weighted by atomic mass is 10.2. The van der Waals surface area contributed by atoms with Gasteiger partial charge in [-0.1, -0.05) is 23.4 Å². The summed E-state index contributed by atoms with van der Waals surface area (Å²) < 4.78 is 42.6. The Morgan fingerprint density at radius 1 is 1.29 bits per heavy atom. The Morgan fingerprint density at radius 2 is 2.00 bits per heavy atom. The first kappa shape index (κ1) is 15.5. The molecule has 0 aliphatic carbocycles. The van der Waals surface area contributed by atoms with Crippen molar-refractivity contribution >= 4 is 0 Å². The van der Waals surface area contributed by atoms with Gasteiger partial charge in [0.25, 0.3) is 0 Å². The van der Waals surface area contributed by atoms with Gasteiger partial charge in [-0.05, 0) is 19.2 Å². The third kappa shape index (κ3) is 4.27. The Balaban J connectivity index is 2.11. The second-order valence-electron chi connectivity index (χ2n) is 4.38. The zero-order valence-corrected chi connectivity index (χ0v) is 11.3. The van der Waals surface area contributed by atoms with Gasteiger partial charge in [-0.3, -0.25) is 0 Å². The molecule has 1 heterocycles. The van der Waals surface area contributed by atoms with Gasteiger partial charge in [0.2, 0.25) is 0 Å². The number of ether oxygens (including phenoxy) is 1. The molecule has 1 aromatic heterocycles. The molecule has 21 heavy (non-hydrogen) atoms. The van der Waals surface area contributed by atoms with Crippen LogP contribution in [0.3, 0.4) is 0 Å². The smallest absolute Gasteiger partial charge is 0.370 e. The highest BCUT2D eigenvalue weighted by atomic mass is 19.4. The summed E-state index contributed by atoms with van der Waals surface area (Å²) in [7, 11) is 1.64. The van der Waals surface area contributed by atoms with Crippen LogP contribution in [-0.2, 0) is 4.74 Å². The number of benzene rings is 1. The van der Waals surface area contributed by atoms with Gasteiger partial charge in [0.15, 0.2) is 0 Å². The quantitative estimate of drug-likeness (QED) is 0.887. The van der Waals surface area contributed by atoms with Crippen LogP contribution in [0.4, 0.5) is 13.2 Å². The van der Waals surface area contributed by atoms with Crippen LogP contribution >= 0.6 is 0 Å². The molecule has 1 aromatic carbocycles. The highest BCUT2D eigenvalue weighted by Crippen LogP contribution is 2.19. The molecule has 8 heteroatoms. The number of likely N-dealkylation sites (N-methyl/N-ethyl adjacent to an activating group) is 1. The molecule has 0 amide bonds. The van der Waals surface area contributed by atoms with E-state index in [1.807, 2.05) is 30.3 Å². The monoisotopic (exact) mass is 300 g/mol. The molecule has 1 atom stereocenters. The average molecular weight is 300 g/mol. The molecular formula is C13H15F3N4O. The molecule has 0 radical (unpaired) electrons. The van der Waals surface area contributed by atoms with E-state index in [4.69, 9.17) is 4.74 Å². The summed E-state index contributed by atoms with van der Waals surface area (Å²) in [5.41, 5.74) is 1.41. The average Bonchev–Trinajstić information content (AvgIpc) is 2.92. The third-order valence-electron chi connectivity index (χ3n) is 2.83. The number of para-hydroxylation sites is 1. The third-order valence-corrected chi connectivity index (χ3v) is 2.83. The van der Waals surface area contributed by atoms with Crippen LogP contribution in [0.5, 0.6) is 0 Å². The van der Waals surface area contributed by atoms with Crippen LogP contribution < -0.4 is 5.32 Å². The second kappa shape index (κ2) is 6.68. The maximum absolute atomic E-state index is 12.1. The maximum Gasteiger partial charge on any atom is 0.411 e. The first-order chi connectivity index (χ1) is 10.0. The van der Waals surface area contributed by atoms with Crippen LogP contribution in [0.25, 0.3) is 5.69 Å². The summed E-state index contributed by atoms with van der Waals surface area (Å²) in [5.74, 6) is 0. The molecule has 2 rings (SSSR count). The van der Waals surface area contributed by atoms with Crippen molar-refractivity contribution in [3.8, 4) is 5.69 Å². The summed E-state index contributed by atoms with van der Waals surface area (Å²) in [4.78, 5) is 0. The lowest BCUT2D eigenvalue weighted by Gasteiger charge is -2.18. The highest BCUT2D eigenvalue weighted by Gasteiger charge is 2.28. The van der Waals surface area contributed by atoms with Crippen molar-refractivity contribution in [2.75, 3.05) is 20.3 Å². The van der Waals surface area contributed by atoms with Crippen molar-refractivity contribution in [1.82, 2.24) is 20.3 Å². The van der Waals surface area contributed by atoms with E-state index in [1.54, 1.807) is 11.7 Å². The minimum Gasteiger partial charge on any atom is -0.370 e. The van der Waals surface area contributed by atoms with Crippen LogP contribution in [0.2, 0.25) is 0 Å². The van der Waals surface area contributed by atoms with Crippen LogP contribution in [0.1, 0.15) is 11.7 Å². The number of hydrogen-bond donors (Lipinski definition) is 1. The number of nitrogens with zero attached hydrogens (tertiary/aromatic N) is 3. The fourth-order valence-corrected chi connectivity index (χ4v) is 1.86. The molecule has 2 aromatic rings. The first-order valence-electron chi connectivity index (χ1n) is 6.29. The zero-order chi connectivity index (χ0) is 15.3. The fraction of sp³-hybridized carbons (Fsp3) is 0.385. The van der Waals surface area contributed by atoms with E-state index in [1.165, 1.54) is 6.20 Å². The molecule has 1 unspecified atom stereocenters. The van der Waals surface area contributed by atoms with E-state index in [2.05, 4.69) is 15.6 Å². The minimum absolute atomic E-state index is 0.129. The summed E-state index contributed by atoms with van der Waals surface area (Å²) >= 11 is 0. The summed E-state index contributed by atoms with van der Waals surface area (Å²) in [6.07, 6.45) is -2.83. The van der Waals surface area contributed by atoms with Gasteiger partial charge in [0.05, 0.1) is 30.2 Å². The number of alkyl halides is 3. The molecule has 0 bridgehead atoms. The highest BCUT2D eigenvalue weighted by molar-refractivity contribution is 5.32. The van der Waals surface area contributed by atoms with Crippen LogP contribution in [0, 0.1) is 0 Å². The predicted molar refractivity (Wildman–Crippen MR) is 70.0 cm³/mol. The summed E-state index contributed by atoms with van der Waals surface area (Å²) in [6.45, 7) is -1.41. The molecule has 0 fully saturated rings. The van der Waals surface area contributed by atoms with Crippen LogP contribution in [0.15, 0.2) is 36.5 Å². The van der Waals surface area contributed by atoms with Gasteiger partial charge in [-0.15, -0.1) is 5.10 Å². The summed E-state index contributed by atoms with van der Waals surface area (Å²) in [5, 5.41) is 10.7. The van der Waals surface area contributed by atoms with Gasteiger partial charge in [-0.25, -0.2) is 4.68 Å². The lowest BCUT2D eigenvalue weighted by molar-refractivity contribution is -0.175. The predicted octanol–water partition coefficient (Wildman–Crippen LogP) is 2.11. The van der Waals surface area contributed by atoms with Crippen molar-refractivity contribution in [2.24, 2.45) is 0 Å². The number of nitrogens with one attached hydrogen (secondary N) is 1. The van der Waals surface area contributed by atoms with Crippen LogP contribution in [-0.4, -0.2) is 41.4 Å². The Hall–Kier alpha value is -1.93. The van der Waals surface area contributed by atoms with Crippen molar-refractivity contribution in [3.05, 3.63) is 42.2 Å². The van der Waals surface area contributed by atoms with Crippen molar-refractivity contribution in [3.63, 3.8) is 0 Å². The molecule has 114 valence electrons. The van der Waals surface area contributed by atoms with Gasteiger partial charge in [0, 0.05) is 0 Å². The summed E-state index contributed by atoms with van der Waals surface area (Å²) in [6, 6.07) is 8.78. The van der Waals surface area contributed by atoms with E-state index in [-0.39, 0.29) is 6.61 Å². The van der Waals surface area contributed by atoms with Gasteiger partial charge < -0.3 is 10.1 Å². The Labute approximate surface area is 119 Å². The van der Waals surface area contributed by atoms with Gasteiger partial charge >= 0.3 is 6.18 Å². The largest absolute Gasteiger partial charge is 0.411 e. The molecule has 0 saturated heterocycles. The fourth-order valence-electron chi connectivity index (χ4n) is 1.86. The molecule has 1 N–H and O–H groups in total. The Morgan fingerprint density at radius 3 is 2.62 bits per heavy atom. The molecule has 0 aliphatic rings. The topological polar surface area (TPSA) is 52.0 Å². The van der Waals surface area contributed by atoms with E-state index < -0.39 is 18.8 Å². The standard InChI is InChI=1S/C13H15F3N4O/c1-17-11(8-21-9-13(14,15)16)12-7-18-19-20(12)10-5-3-2-4-6-10/h2-7,11,17H,8-9H2,1H3.